The van der Waals surface area contributed by atoms with Crippen LogP contribution in [0.4, 0.5) is 0 Å². The van der Waals surface area contributed by atoms with Crippen molar-refractivity contribution in [1.29, 1.82) is 0 Å². The zero-order valence-corrected chi connectivity index (χ0v) is 14.5. The van der Waals surface area contributed by atoms with Crippen LogP contribution in [0.1, 0.15) is 29.8 Å². The highest BCUT2D eigenvalue weighted by Crippen LogP contribution is 2.31. The van der Waals surface area contributed by atoms with Gasteiger partial charge < -0.3 is 25.5 Å². The topological polar surface area (TPSA) is 89.4 Å². The number of methoxy groups -OCH3 is 2. The van der Waals surface area contributed by atoms with E-state index in [-0.39, 0.29) is 18.0 Å². The number of carbonyl (C=O) groups is 1. The Kier molecular flexibility index (Phi) is 4.83. The molecule has 1 aliphatic rings. The molecule has 6 nitrogen and oxygen atoms in total. The van der Waals surface area contributed by atoms with Gasteiger partial charge in [0.2, 0.25) is 0 Å². The van der Waals surface area contributed by atoms with Gasteiger partial charge in [-0.15, -0.1) is 0 Å². The van der Waals surface area contributed by atoms with E-state index in [9.17, 15) is 4.79 Å². The fourth-order valence-electron chi connectivity index (χ4n) is 3.26. The number of benzene rings is 1. The van der Waals surface area contributed by atoms with Crippen molar-refractivity contribution >= 4 is 28.4 Å². The number of nitrogens with one attached hydrogen (secondary N) is 2. The maximum Gasteiger partial charge on any atom is 0.268 e. The average Bonchev–Trinajstić information content (AvgIpc) is 3.00. The van der Waals surface area contributed by atoms with E-state index < -0.39 is 5.79 Å². The number of amides is 1. The first-order valence-corrected chi connectivity index (χ1v) is 8.29. The summed E-state index contributed by atoms with van der Waals surface area (Å²) in [4.78, 5) is 15.7. The summed E-state index contributed by atoms with van der Waals surface area (Å²) in [6, 6.07) is 6.88. The molecule has 7 heteroatoms. The molecule has 0 spiro atoms. The number of hydrogen-bond donors (Lipinski definition) is 3. The van der Waals surface area contributed by atoms with Gasteiger partial charge in [0.1, 0.15) is 5.69 Å². The normalized spacial score (nSPS) is 23.3. The van der Waals surface area contributed by atoms with Crippen molar-refractivity contribution in [3.8, 4) is 0 Å². The third kappa shape index (κ3) is 3.28. The van der Waals surface area contributed by atoms with Gasteiger partial charge in [0, 0.05) is 55.1 Å². The molecular weight excluding hydrogens is 330 g/mol. The Hall–Kier alpha value is -1.60. The van der Waals surface area contributed by atoms with Gasteiger partial charge in [0.25, 0.3) is 5.91 Å². The van der Waals surface area contributed by atoms with E-state index in [1.54, 1.807) is 26.4 Å². The number of aromatic amines is 1. The summed E-state index contributed by atoms with van der Waals surface area (Å²) in [7, 11) is 3.22. The van der Waals surface area contributed by atoms with Gasteiger partial charge in [-0.1, -0.05) is 11.6 Å². The highest BCUT2D eigenvalue weighted by Gasteiger charge is 2.41. The molecule has 0 saturated heterocycles. The minimum Gasteiger partial charge on any atom is -0.353 e. The predicted molar refractivity (Wildman–Crippen MR) is 93.1 cm³/mol. The molecule has 130 valence electrons. The number of nitrogens with two attached hydrogens (primary N) is 1. The number of rotatable bonds is 4. The van der Waals surface area contributed by atoms with Gasteiger partial charge in [-0.05, 0) is 30.7 Å². The van der Waals surface area contributed by atoms with Crippen LogP contribution in [-0.4, -0.2) is 43.0 Å². The molecule has 1 aliphatic carbocycles. The number of carbonyl (C=O) groups excluding carboxylic acids is 1. The molecule has 1 amide bonds. The molecule has 0 bridgehead atoms. The molecule has 0 radical (unpaired) electrons. The maximum absolute atomic E-state index is 12.6. The maximum atomic E-state index is 12.6. The minimum absolute atomic E-state index is 0.133. The lowest BCUT2D eigenvalue weighted by Crippen LogP contribution is -2.57. The van der Waals surface area contributed by atoms with Crippen LogP contribution in [0.3, 0.4) is 0 Å². The van der Waals surface area contributed by atoms with Crippen LogP contribution < -0.4 is 11.1 Å². The number of H-pyrrole nitrogens is 1. The molecule has 2 atom stereocenters. The molecule has 24 heavy (non-hydrogen) atoms. The summed E-state index contributed by atoms with van der Waals surface area (Å²) in [5.74, 6) is -0.896. The summed E-state index contributed by atoms with van der Waals surface area (Å²) in [6.07, 6.45) is 1.94. The Labute approximate surface area is 145 Å². The number of ether oxygens (including phenoxy) is 2. The van der Waals surface area contributed by atoms with Gasteiger partial charge >= 0.3 is 0 Å². The van der Waals surface area contributed by atoms with E-state index in [1.807, 2.05) is 12.1 Å². The largest absolute Gasteiger partial charge is 0.353 e. The highest BCUT2D eigenvalue weighted by atomic mass is 35.5. The van der Waals surface area contributed by atoms with Crippen LogP contribution >= 0.6 is 11.6 Å². The Morgan fingerprint density at radius 2 is 2.12 bits per heavy atom. The summed E-state index contributed by atoms with van der Waals surface area (Å²) < 4.78 is 11.0. The first-order chi connectivity index (χ1) is 11.5. The van der Waals surface area contributed by atoms with E-state index >= 15 is 0 Å². The van der Waals surface area contributed by atoms with E-state index in [0.717, 1.165) is 17.3 Å². The average molecular weight is 352 g/mol. The molecule has 0 aliphatic heterocycles. The zero-order chi connectivity index (χ0) is 17.3. The Morgan fingerprint density at radius 3 is 2.83 bits per heavy atom. The van der Waals surface area contributed by atoms with Gasteiger partial charge in [0.15, 0.2) is 5.79 Å². The number of fused-ring (bicyclic) bond motifs is 1. The molecule has 1 fully saturated rings. The Balaban J connectivity index is 1.76. The lowest BCUT2D eigenvalue weighted by Gasteiger charge is -2.41. The third-order valence-electron chi connectivity index (χ3n) is 4.79. The molecule has 2 aromatic rings. The quantitative estimate of drug-likeness (QED) is 0.738. The second-order valence-corrected chi connectivity index (χ2v) is 6.66. The van der Waals surface area contributed by atoms with Crippen molar-refractivity contribution < 1.29 is 14.3 Å². The standard InChI is InChI=1S/C17H22ClN3O3/c1-23-17(24-2)6-5-12(19)15(9-17)21-16(22)14-8-10-7-11(18)3-4-13(10)20-14/h3-4,7-8,12,15,20H,5-6,9,19H2,1-2H3,(H,21,22)/t12-,15+/m1/s1. The fourth-order valence-corrected chi connectivity index (χ4v) is 3.44. The lowest BCUT2D eigenvalue weighted by atomic mass is 9.86. The van der Waals surface area contributed by atoms with Crippen molar-refractivity contribution in [3.05, 3.63) is 35.0 Å². The Morgan fingerprint density at radius 1 is 1.38 bits per heavy atom. The lowest BCUT2D eigenvalue weighted by molar-refractivity contribution is -0.228. The number of halogens is 1. The van der Waals surface area contributed by atoms with E-state index in [0.29, 0.717) is 23.6 Å². The van der Waals surface area contributed by atoms with Gasteiger partial charge in [0.05, 0.1) is 0 Å². The van der Waals surface area contributed by atoms with Crippen LogP contribution in [-0.2, 0) is 9.47 Å². The first kappa shape index (κ1) is 17.2. The smallest absolute Gasteiger partial charge is 0.268 e. The van der Waals surface area contributed by atoms with Gasteiger partial charge in [-0.25, -0.2) is 0 Å². The molecule has 1 aromatic heterocycles. The van der Waals surface area contributed by atoms with Crippen LogP contribution in [0.25, 0.3) is 10.9 Å². The molecule has 1 heterocycles. The summed E-state index contributed by atoms with van der Waals surface area (Å²) in [6.45, 7) is 0. The highest BCUT2D eigenvalue weighted by molar-refractivity contribution is 6.31. The van der Waals surface area contributed by atoms with E-state index in [4.69, 9.17) is 26.8 Å². The van der Waals surface area contributed by atoms with Crippen molar-refractivity contribution in [2.75, 3.05) is 14.2 Å². The SMILES string of the molecule is COC1(OC)CC[C@@H](N)[C@@H](NC(=O)c2cc3cc(Cl)ccc3[nH]2)C1. The minimum atomic E-state index is -0.693. The number of hydrogen-bond acceptors (Lipinski definition) is 4. The van der Waals surface area contributed by atoms with Crippen molar-refractivity contribution in [1.82, 2.24) is 10.3 Å². The summed E-state index contributed by atoms with van der Waals surface area (Å²) >= 11 is 5.99. The van der Waals surface area contributed by atoms with Crippen molar-refractivity contribution in [2.45, 2.75) is 37.1 Å². The monoisotopic (exact) mass is 351 g/mol. The molecule has 3 rings (SSSR count). The van der Waals surface area contributed by atoms with Gasteiger partial charge in [-0.2, -0.15) is 0 Å². The van der Waals surface area contributed by atoms with Crippen LogP contribution in [0.5, 0.6) is 0 Å². The first-order valence-electron chi connectivity index (χ1n) is 7.91. The van der Waals surface area contributed by atoms with E-state index in [2.05, 4.69) is 10.3 Å². The zero-order valence-electron chi connectivity index (χ0n) is 13.8. The predicted octanol–water partition coefficient (Wildman–Crippen LogP) is 2.42. The van der Waals surface area contributed by atoms with Crippen molar-refractivity contribution in [2.24, 2.45) is 5.73 Å². The van der Waals surface area contributed by atoms with Crippen LogP contribution in [0.2, 0.25) is 5.02 Å². The molecule has 4 N–H and O–H groups in total. The summed E-state index contributed by atoms with van der Waals surface area (Å²) in [5.41, 5.74) is 7.52. The number of aromatic nitrogens is 1. The molecule has 1 aromatic carbocycles. The third-order valence-corrected chi connectivity index (χ3v) is 5.03. The Bertz CT molecular complexity index is 742. The second kappa shape index (κ2) is 6.72. The summed E-state index contributed by atoms with van der Waals surface area (Å²) in [5, 5.41) is 4.52. The molecule has 1 saturated carbocycles. The van der Waals surface area contributed by atoms with Gasteiger partial charge in [-0.3, -0.25) is 4.79 Å². The fraction of sp³-hybridized carbons (Fsp3) is 0.471. The van der Waals surface area contributed by atoms with E-state index in [1.165, 1.54) is 0 Å². The van der Waals surface area contributed by atoms with Crippen LogP contribution in [0.15, 0.2) is 24.3 Å². The van der Waals surface area contributed by atoms with Crippen molar-refractivity contribution in [3.63, 3.8) is 0 Å². The second-order valence-electron chi connectivity index (χ2n) is 6.22. The molecular formula is C17H22ClN3O3. The van der Waals surface area contributed by atoms with Crippen LogP contribution in [0, 0.1) is 0 Å². The molecule has 0 unspecified atom stereocenters.